The van der Waals surface area contributed by atoms with Crippen molar-refractivity contribution in [1.82, 2.24) is 4.98 Å². The zero-order valence-corrected chi connectivity index (χ0v) is 26.2. The standard InChI is InChI=1S/C33H33N5O4S2/c1-3-4-7-19-37(21-39)23-12-14-24(15-13-23)38-20-18-26(30(31(38)40)35-22-10-16-25(42-2)17-11-22)29(34)32(41)44-33-36-27-8-5-6-9-28(27)43-33/h5-6,8-17,21,34-35H,3-4,7,18-20H2,1-2H3. The normalized spacial score (nSPS) is 13.2. The van der Waals surface area contributed by atoms with Gasteiger partial charge in [0.15, 0.2) is 4.34 Å². The molecule has 11 heteroatoms. The number of fused-ring (bicyclic) bond motifs is 1. The molecule has 0 fully saturated rings. The van der Waals surface area contributed by atoms with Crippen LogP contribution in [-0.2, 0) is 14.4 Å². The van der Waals surface area contributed by atoms with Gasteiger partial charge in [0.25, 0.3) is 5.91 Å². The molecule has 0 aliphatic carbocycles. The molecular formula is C33H33N5O4S2. The van der Waals surface area contributed by atoms with E-state index in [1.54, 1.807) is 41.2 Å². The van der Waals surface area contributed by atoms with Crippen LogP contribution in [0.5, 0.6) is 5.75 Å². The number of aromatic nitrogens is 1. The Morgan fingerprint density at radius 3 is 2.55 bits per heavy atom. The van der Waals surface area contributed by atoms with Crippen LogP contribution in [0.15, 0.2) is 88.4 Å². The molecule has 1 aliphatic heterocycles. The molecule has 1 aromatic heterocycles. The van der Waals surface area contributed by atoms with Gasteiger partial charge < -0.3 is 19.9 Å². The van der Waals surface area contributed by atoms with Crippen LogP contribution in [0.2, 0.25) is 0 Å². The molecule has 3 aromatic carbocycles. The third kappa shape index (κ3) is 7.00. The molecule has 0 spiro atoms. The summed E-state index contributed by atoms with van der Waals surface area (Å²) in [7, 11) is 1.58. The summed E-state index contributed by atoms with van der Waals surface area (Å²) in [4.78, 5) is 46.8. The smallest absolute Gasteiger partial charge is 0.275 e. The molecule has 0 atom stereocenters. The minimum Gasteiger partial charge on any atom is -0.497 e. The second-order valence-electron chi connectivity index (χ2n) is 10.1. The third-order valence-corrected chi connectivity index (χ3v) is 9.28. The van der Waals surface area contributed by atoms with Gasteiger partial charge in [-0.2, -0.15) is 0 Å². The minimum atomic E-state index is -0.476. The number of carbonyl (C=O) groups excluding carboxylic acids is 3. The number of nitrogens with zero attached hydrogens (tertiary/aromatic N) is 3. The van der Waals surface area contributed by atoms with Crippen LogP contribution in [0.3, 0.4) is 0 Å². The van der Waals surface area contributed by atoms with E-state index in [0.717, 1.165) is 53.3 Å². The number of hydrogen-bond donors (Lipinski definition) is 2. The molecule has 1 aliphatic rings. The highest BCUT2D eigenvalue weighted by Gasteiger charge is 2.33. The molecule has 2 heterocycles. The summed E-state index contributed by atoms with van der Waals surface area (Å²) in [6.07, 6.45) is 4.15. The predicted octanol–water partition coefficient (Wildman–Crippen LogP) is 6.90. The van der Waals surface area contributed by atoms with E-state index >= 15 is 0 Å². The Morgan fingerprint density at radius 1 is 1.11 bits per heavy atom. The first-order valence-corrected chi connectivity index (χ1v) is 16.0. The zero-order chi connectivity index (χ0) is 31.1. The number of unbranched alkanes of at least 4 members (excludes halogenated alkanes) is 2. The molecule has 0 radical (unpaired) electrons. The zero-order valence-electron chi connectivity index (χ0n) is 24.5. The number of thioether (sulfide) groups is 1. The van der Waals surface area contributed by atoms with E-state index in [1.807, 2.05) is 48.5 Å². The summed E-state index contributed by atoms with van der Waals surface area (Å²) in [5.74, 6) is 0.309. The first kappa shape index (κ1) is 31.0. The first-order chi connectivity index (χ1) is 21.4. The molecule has 226 valence electrons. The predicted molar refractivity (Wildman–Crippen MR) is 178 cm³/mol. The lowest BCUT2D eigenvalue weighted by atomic mass is 9.99. The van der Waals surface area contributed by atoms with Crippen LogP contribution >= 0.6 is 23.1 Å². The van der Waals surface area contributed by atoms with E-state index in [9.17, 15) is 14.4 Å². The van der Waals surface area contributed by atoms with E-state index < -0.39 is 5.12 Å². The van der Waals surface area contributed by atoms with Crippen molar-refractivity contribution in [3.63, 3.8) is 0 Å². The molecule has 44 heavy (non-hydrogen) atoms. The Kier molecular flexibility index (Phi) is 10.1. The maximum absolute atomic E-state index is 14.0. The Morgan fingerprint density at radius 2 is 1.86 bits per heavy atom. The van der Waals surface area contributed by atoms with Gasteiger partial charge in [-0.05, 0) is 85.3 Å². The van der Waals surface area contributed by atoms with Gasteiger partial charge in [-0.15, -0.1) is 11.3 Å². The molecule has 5 rings (SSSR count). The lowest BCUT2D eigenvalue weighted by Gasteiger charge is -2.31. The number of amides is 2. The number of methoxy groups -OCH3 is 1. The van der Waals surface area contributed by atoms with Crippen LogP contribution in [-0.4, -0.2) is 48.3 Å². The van der Waals surface area contributed by atoms with Gasteiger partial charge in [-0.25, -0.2) is 4.98 Å². The average Bonchev–Trinajstić information content (AvgIpc) is 3.46. The van der Waals surface area contributed by atoms with E-state index in [2.05, 4.69) is 17.2 Å². The Labute approximate surface area is 264 Å². The van der Waals surface area contributed by atoms with Crippen LogP contribution < -0.4 is 19.9 Å². The van der Waals surface area contributed by atoms with Gasteiger partial charge in [-0.3, -0.25) is 19.8 Å². The highest BCUT2D eigenvalue weighted by Crippen LogP contribution is 2.33. The molecule has 0 saturated carbocycles. The fourth-order valence-corrected chi connectivity index (χ4v) is 6.79. The Hall–Kier alpha value is -4.48. The molecule has 0 saturated heterocycles. The van der Waals surface area contributed by atoms with Crippen molar-refractivity contribution in [2.45, 2.75) is 36.9 Å². The van der Waals surface area contributed by atoms with Crippen molar-refractivity contribution >= 4 is 73.5 Å². The summed E-state index contributed by atoms with van der Waals surface area (Å²) in [5, 5.41) is 11.5. The van der Waals surface area contributed by atoms with E-state index in [-0.39, 0.29) is 23.9 Å². The number of ether oxygens (including phenoxy) is 1. The highest BCUT2D eigenvalue weighted by atomic mass is 32.2. The number of carbonyl (C=O) groups is 3. The Balaban J connectivity index is 1.41. The molecule has 2 N–H and O–H groups in total. The summed E-state index contributed by atoms with van der Waals surface area (Å²) in [5.41, 5.74) is 3.12. The summed E-state index contributed by atoms with van der Waals surface area (Å²) >= 11 is 2.30. The SMILES string of the molecule is CCCCCN(C=O)c1ccc(N2CCC(C(=N)C(=O)Sc3nc4ccccc4s3)=C(Nc3ccc(OC)cc3)C2=O)cc1. The fourth-order valence-electron chi connectivity index (χ4n) is 4.91. The third-order valence-electron chi connectivity index (χ3n) is 7.29. The number of nitrogens with one attached hydrogen (secondary N) is 2. The summed E-state index contributed by atoms with van der Waals surface area (Å²) in [6, 6.07) is 22.0. The second kappa shape index (κ2) is 14.3. The quantitative estimate of drug-likeness (QED) is 0.0717. The van der Waals surface area contributed by atoms with Gasteiger partial charge in [0.2, 0.25) is 11.5 Å². The second-order valence-corrected chi connectivity index (χ2v) is 12.4. The van der Waals surface area contributed by atoms with Crippen molar-refractivity contribution in [2.24, 2.45) is 0 Å². The first-order valence-electron chi connectivity index (χ1n) is 14.4. The van der Waals surface area contributed by atoms with E-state index in [0.29, 0.717) is 40.0 Å². The molecule has 9 nitrogen and oxygen atoms in total. The molecule has 4 aromatic rings. The number of para-hydroxylation sites is 1. The maximum atomic E-state index is 14.0. The Bertz CT molecular complexity index is 1670. The molecular weight excluding hydrogens is 595 g/mol. The van der Waals surface area contributed by atoms with Crippen molar-refractivity contribution < 1.29 is 19.1 Å². The summed E-state index contributed by atoms with van der Waals surface area (Å²) < 4.78 is 6.77. The number of hydrogen-bond acceptors (Lipinski definition) is 9. The molecule has 0 bridgehead atoms. The van der Waals surface area contributed by atoms with Gasteiger partial charge in [0, 0.05) is 35.7 Å². The van der Waals surface area contributed by atoms with Crippen molar-refractivity contribution in [1.29, 1.82) is 5.41 Å². The molecule has 2 amide bonds. The van der Waals surface area contributed by atoms with Crippen LogP contribution in [0, 0.1) is 5.41 Å². The van der Waals surface area contributed by atoms with Crippen molar-refractivity contribution in [3.05, 3.63) is 84.1 Å². The topological polar surface area (TPSA) is 116 Å². The van der Waals surface area contributed by atoms with E-state index in [4.69, 9.17) is 10.1 Å². The van der Waals surface area contributed by atoms with Gasteiger partial charge >= 0.3 is 0 Å². The number of anilines is 3. The number of thiazole rings is 1. The number of rotatable bonds is 13. The monoisotopic (exact) mass is 627 g/mol. The van der Waals surface area contributed by atoms with Crippen LogP contribution in [0.25, 0.3) is 10.2 Å². The number of benzene rings is 3. The fraction of sp³-hybridized carbons (Fsp3) is 0.242. The van der Waals surface area contributed by atoms with Crippen LogP contribution in [0.1, 0.15) is 32.6 Å². The maximum Gasteiger partial charge on any atom is 0.275 e. The van der Waals surface area contributed by atoms with Crippen molar-refractivity contribution in [3.8, 4) is 5.75 Å². The van der Waals surface area contributed by atoms with Gasteiger partial charge in [-0.1, -0.05) is 31.9 Å². The van der Waals surface area contributed by atoms with E-state index in [1.165, 1.54) is 11.3 Å². The van der Waals surface area contributed by atoms with Crippen LogP contribution in [0.4, 0.5) is 17.1 Å². The van der Waals surface area contributed by atoms with Gasteiger partial charge in [0.1, 0.15) is 17.2 Å². The minimum absolute atomic E-state index is 0.169. The lowest BCUT2D eigenvalue weighted by Crippen LogP contribution is -2.41. The highest BCUT2D eigenvalue weighted by molar-refractivity contribution is 8.16. The molecule has 0 unspecified atom stereocenters. The summed E-state index contributed by atoms with van der Waals surface area (Å²) in [6.45, 7) is 3.04. The average molecular weight is 628 g/mol. The van der Waals surface area contributed by atoms with Crippen molar-refractivity contribution in [2.75, 3.05) is 35.3 Å². The van der Waals surface area contributed by atoms with Gasteiger partial charge in [0.05, 0.1) is 17.3 Å². The largest absolute Gasteiger partial charge is 0.497 e. The lowest BCUT2D eigenvalue weighted by molar-refractivity contribution is -0.115.